The average molecular weight is 341 g/mol. The molecule has 0 aliphatic heterocycles. The normalized spacial score (nSPS) is 14.3. The Balaban J connectivity index is 3.57. The summed E-state index contributed by atoms with van der Waals surface area (Å²) in [5.74, 6) is 1.02. The molecular formula is C24H36O. The van der Waals surface area contributed by atoms with Gasteiger partial charge in [-0.2, -0.15) is 0 Å². The van der Waals surface area contributed by atoms with Gasteiger partial charge in [0.2, 0.25) is 0 Å². The predicted molar refractivity (Wildman–Crippen MR) is 113 cm³/mol. The Bertz CT molecular complexity index is 651. The van der Waals surface area contributed by atoms with Crippen LogP contribution < -0.4 is 4.74 Å². The Morgan fingerprint density at radius 3 is 1.76 bits per heavy atom. The fourth-order valence-electron chi connectivity index (χ4n) is 2.73. The second-order valence-electron chi connectivity index (χ2n) is 8.85. The van der Waals surface area contributed by atoms with Gasteiger partial charge in [0.1, 0.15) is 5.75 Å². The van der Waals surface area contributed by atoms with Crippen molar-refractivity contribution in [2.45, 2.75) is 73.1 Å². The lowest BCUT2D eigenvalue weighted by Gasteiger charge is -2.30. The van der Waals surface area contributed by atoms with E-state index in [1.54, 1.807) is 7.11 Å². The van der Waals surface area contributed by atoms with Gasteiger partial charge in [-0.15, -0.1) is 0 Å². The van der Waals surface area contributed by atoms with Gasteiger partial charge in [-0.1, -0.05) is 71.4 Å². The van der Waals surface area contributed by atoms with Gasteiger partial charge in [-0.25, -0.2) is 0 Å². The Hall–Kier alpha value is -1.76. The van der Waals surface area contributed by atoms with Crippen molar-refractivity contribution in [2.75, 3.05) is 7.11 Å². The molecule has 0 atom stereocenters. The summed E-state index contributed by atoms with van der Waals surface area (Å²) in [7, 11) is 1.78. The van der Waals surface area contributed by atoms with E-state index in [0.717, 1.165) is 5.75 Å². The maximum absolute atomic E-state index is 5.85. The summed E-state index contributed by atoms with van der Waals surface area (Å²) in [6, 6.07) is 4.58. The zero-order valence-electron chi connectivity index (χ0n) is 17.9. The first-order valence-corrected chi connectivity index (χ1v) is 9.13. The van der Waals surface area contributed by atoms with Gasteiger partial charge < -0.3 is 4.74 Å². The van der Waals surface area contributed by atoms with E-state index in [-0.39, 0.29) is 10.8 Å². The number of methoxy groups -OCH3 is 1. The van der Waals surface area contributed by atoms with Crippen molar-refractivity contribution in [2.24, 2.45) is 0 Å². The summed E-state index contributed by atoms with van der Waals surface area (Å²) in [6.45, 7) is 19.8. The lowest BCUT2D eigenvalue weighted by Crippen LogP contribution is -2.19. The molecular weight excluding hydrogens is 304 g/mol. The Morgan fingerprint density at radius 1 is 0.920 bits per heavy atom. The number of rotatable bonds is 4. The molecule has 1 aromatic carbocycles. The summed E-state index contributed by atoms with van der Waals surface area (Å²) in [5.41, 5.74) is 6.37. The molecule has 0 amide bonds. The number of allylic oxidation sites excluding steroid dienone is 6. The highest BCUT2D eigenvalue weighted by atomic mass is 16.5. The molecule has 25 heavy (non-hydrogen) atoms. The van der Waals surface area contributed by atoms with Gasteiger partial charge in [0.05, 0.1) is 7.11 Å². The Morgan fingerprint density at radius 2 is 1.40 bits per heavy atom. The second-order valence-corrected chi connectivity index (χ2v) is 8.85. The molecule has 0 spiro atoms. The van der Waals surface area contributed by atoms with Crippen LogP contribution in [0.15, 0.2) is 42.0 Å². The molecule has 0 heterocycles. The monoisotopic (exact) mass is 340 g/mol. The number of hydrogen-bond donors (Lipinski definition) is 0. The molecule has 0 aliphatic carbocycles. The summed E-state index contributed by atoms with van der Waals surface area (Å²) in [6.07, 6.45) is 8.57. The molecule has 1 heteroatoms. The van der Waals surface area contributed by atoms with Crippen molar-refractivity contribution in [3.63, 3.8) is 0 Å². The van der Waals surface area contributed by atoms with E-state index in [9.17, 15) is 0 Å². The molecule has 1 aromatic rings. The second kappa shape index (κ2) is 8.08. The lowest BCUT2D eigenvalue weighted by molar-refractivity contribution is 0.381. The minimum atomic E-state index is 0.0268. The van der Waals surface area contributed by atoms with Gasteiger partial charge in [0.15, 0.2) is 0 Å². The minimum Gasteiger partial charge on any atom is -0.496 e. The van der Waals surface area contributed by atoms with E-state index in [1.807, 2.05) is 0 Å². The summed E-state index contributed by atoms with van der Waals surface area (Å²) in [4.78, 5) is 0. The Kier molecular flexibility index (Phi) is 6.88. The molecule has 0 aliphatic rings. The quantitative estimate of drug-likeness (QED) is 0.526. The molecule has 0 radical (unpaired) electrons. The van der Waals surface area contributed by atoms with Crippen LogP contribution in [0.25, 0.3) is 5.57 Å². The number of benzene rings is 1. The van der Waals surface area contributed by atoms with Crippen molar-refractivity contribution in [1.29, 1.82) is 0 Å². The summed E-state index contributed by atoms with van der Waals surface area (Å²) in [5, 5.41) is 0. The zero-order valence-corrected chi connectivity index (χ0v) is 17.9. The largest absolute Gasteiger partial charge is 0.496 e. The molecule has 0 unspecified atom stereocenters. The van der Waals surface area contributed by atoms with Crippen LogP contribution >= 0.6 is 0 Å². The summed E-state index contributed by atoms with van der Waals surface area (Å²) >= 11 is 0. The standard InChI is InChI=1S/C24H36O/c1-11-17(2)13-12-14-18(3)19-15-20(23(4,5)6)22(25-10)21(16-19)24(7,8)9/h11-16H,1-10H3/b13-12+,17-11+,18-14+. The van der Waals surface area contributed by atoms with Crippen LogP contribution in [-0.2, 0) is 10.8 Å². The Labute approximate surface area is 155 Å². The van der Waals surface area contributed by atoms with Crippen LogP contribution in [0.5, 0.6) is 5.75 Å². The van der Waals surface area contributed by atoms with Crippen LogP contribution in [0, 0.1) is 0 Å². The first kappa shape index (κ1) is 21.3. The highest BCUT2D eigenvalue weighted by molar-refractivity contribution is 5.69. The molecule has 0 saturated carbocycles. The number of hydrogen-bond acceptors (Lipinski definition) is 1. The van der Waals surface area contributed by atoms with Crippen molar-refractivity contribution in [3.8, 4) is 5.75 Å². The fraction of sp³-hybridized carbons (Fsp3) is 0.500. The van der Waals surface area contributed by atoms with E-state index in [0.29, 0.717) is 0 Å². The minimum absolute atomic E-state index is 0.0268. The first-order chi connectivity index (χ1) is 11.4. The third-order valence-electron chi connectivity index (χ3n) is 4.53. The molecule has 0 N–H and O–H groups in total. The van der Waals surface area contributed by atoms with Crippen molar-refractivity contribution in [1.82, 2.24) is 0 Å². The number of ether oxygens (including phenoxy) is 1. The molecule has 138 valence electrons. The van der Waals surface area contributed by atoms with Crippen molar-refractivity contribution in [3.05, 3.63) is 58.7 Å². The SMILES string of the molecule is C/C=C(C)/C=C/C=C(\C)c1cc(C(C)(C)C)c(OC)c(C(C)(C)C)c1. The maximum atomic E-state index is 5.85. The first-order valence-electron chi connectivity index (χ1n) is 9.13. The smallest absolute Gasteiger partial charge is 0.126 e. The van der Waals surface area contributed by atoms with Gasteiger partial charge in [0.25, 0.3) is 0 Å². The van der Waals surface area contributed by atoms with Crippen LogP contribution in [0.1, 0.15) is 79.0 Å². The van der Waals surface area contributed by atoms with E-state index in [1.165, 1.54) is 27.8 Å². The topological polar surface area (TPSA) is 9.23 Å². The van der Waals surface area contributed by atoms with Crippen LogP contribution in [0.3, 0.4) is 0 Å². The molecule has 0 fully saturated rings. The van der Waals surface area contributed by atoms with Crippen LogP contribution in [0.4, 0.5) is 0 Å². The molecule has 0 bridgehead atoms. The van der Waals surface area contributed by atoms with Crippen molar-refractivity contribution < 1.29 is 4.74 Å². The predicted octanol–water partition coefficient (Wildman–Crippen LogP) is 7.22. The zero-order chi connectivity index (χ0) is 19.4. The van der Waals surface area contributed by atoms with Crippen LogP contribution in [0.2, 0.25) is 0 Å². The van der Waals surface area contributed by atoms with Gasteiger partial charge in [-0.3, -0.25) is 0 Å². The van der Waals surface area contributed by atoms with E-state index in [2.05, 4.69) is 98.8 Å². The van der Waals surface area contributed by atoms with Crippen LogP contribution in [-0.4, -0.2) is 7.11 Å². The maximum Gasteiger partial charge on any atom is 0.126 e. The summed E-state index contributed by atoms with van der Waals surface area (Å²) < 4.78 is 5.85. The molecule has 1 nitrogen and oxygen atoms in total. The fourth-order valence-corrected chi connectivity index (χ4v) is 2.73. The van der Waals surface area contributed by atoms with E-state index in [4.69, 9.17) is 4.74 Å². The van der Waals surface area contributed by atoms with E-state index < -0.39 is 0 Å². The highest BCUT2D eigenvalue weighted by Gasteiger charge is 2.27. The average Bonchev–Trinajstić information content (AvgIpc) is 2.51. The van der Waals surface area contributed by atoms with Gasteiger partial charge in [-0.05, 0) is 54.9 Å². The molecule has 0 aromatic heterocycles. The van der Waals surface area contributed by atoms with Crippen molar-refractivity contribution >= 4 is 5.57 Å². The third kappa shape index (κ3) is 5.63. The lowest BCUT2D eigenvalue weighted by atomic mass is 9.77. The molecule has 0 saturated heterocycles. The van der Waals surface area contributed by atoms with Gasteiger partial charge >= 0.3 is 0 Å². The third-order valence-corrected chi connectivity index (χ3v) is 4.53. The highest BCUT2D eigenvalue weighted by Crippen LogP contribution is 2.41. The molecule has 1 rings (SSSR count). The van der Waals surface area contributed by atoms with Gasteiger partial charge in [0, 0.05) is 11.1 Å². The van der Waals surface area contributed by atoms with E-state index >= 15 is 0 Å².